The molecule has 0 aliphatic rings. The van der Waals surface area contributed by atoms with Gasteiger partial charge in [-0.25, -0.2) is 0 Å². The Balaban J connectivity index is 3.42. The van der Waals surface area contributed by atoms with E-state index < -0.39 is 39.7 Å². The molecule has 8 nitrogen and oxygen atoms in total. The van der Waals surface area contributed by atoms with E-state index in [9.17, 15) is 23.3 Å². The largest absolute Gasteiger partial charge is 0.573 e. The second-order valence-corrected chi connectivity index (χ2v) is 3.70. The number of alkyl halides is 3. The predicted molar refractivity (Wildman–Crippen MR) is 67.3 cm³/mol. The lowest BCUT2D eigenvalue weighted by atomic mass is 10.2. The minimum Gasteiger partial charge on any atom is -0.404 e. The second kappa shape index (κ2) is 6.78. The number of anilines is 1. The first-order chi connectivity index (χ1) is 10.7. The van der Waals surface area contributed by atoms with Crippen molar-refractivity contribution in [2.75, 3.05) is 5.32 Å². The van der Waals surface area contributed by atoms with Gasteiger partial charge in [0.05, 0.1) is 10.6 Å². The van der Waals surface area contributed by atoms with E-state index in [0.29, 0.717) is 12.1 Å². The van der Waals surface area contributed by atoms with Gasteiger partial charge in [0, 0.05) is 12.1 Å². The van der Waals surface area contributed by atoms with E-state index in [1.165, 1.54) is 18.2 Å². The third-order valence-electron chi connectivity index (χ3n) is 2.24. The van der Waals surface area contributed by atoms with Crippen LogP contribution in [0.4, 0.5) is 24.5 Å². The van der Waals surface area contributed by atoms with Gasteiger partial charge in [0.2, 0.25) is 0 Å². The molecule has 0 spiro atoms. The third kappa shape index (κ3) is 4.62. The molecule has 1 rings (SSSR count). The van der Waals surface area contributed by atoms with Crippen LogP contribution in [0.2, 0.25) is 0 Å². The van der Waals surface area contributed by atoms with Gasteiger partial charge in [-0.05, 0) is 6.07 Å². The Kier molecular flexibility index (Phi) is 5.09. The fourth-order valence-corrected chi connectivity index (χ4v) is 1.36. The van der Waals surface area contributed by atoms with Crippen LogP contribution in [0.5, 0.6) is 5.75 Å². The second-order valence-electron chi connectivity index (χ2n) is 3.70. The van der Waals surface area contributed by atoms with Crippen molar-refractivity contribution >= 4 is 11.4 Å². The first-order valence-corrected chi connectivity index (χ1v) is 5.47. The molecule has 0 unspecified atom stereocenters. The van der Waals surface area contributed by atoms with Crippen molar-refractivity contribution in [3.63, 3.8) is 0 Å². The van der Waals surface area contributed by atoms with E-state index >= 15 is 0 Å². The fraction of sp³-hybridized carbons (Fsp3) is 0.0833. The first kappa shape index (κ1) is 17.3. The lowest BCUT2D eigenvalue weighted by molar-refractivity contribution is -0.384. The highest BCUT2D eigenvalue weighted by Crippen LogP contribution is 2.34. The summed E-state index contributed by atoms with van der Waals surface area (Å²) < 4.78 is 40.7. The van der Waals surface area contributed by atoms with Crippen LogP contribution in [0, 0.1) is 44.1 Å². The Labute approximate surface area is 126 Å². The van der Waals surface area contributed by atoms with E-state index in [0.717, 1.165) is 6.07 Å². The summed E-state index contributed by atoms with van der Waals surface area (Å²) in [5.74, 6) is -0.869. The third-order valence-corrected chi connectivity index (χ3v) is 2.24. The number of hydrogen-bond acceptors (Lipinski definition) is 7. The van der Waals surface area contributed by atoms with Crippen molar-refractivity contribution in [3.05, 3.63) is 39.6 Å². The zero-order valence-corrected chi connectivity index (χ0v) is 10.9. The quantitative estimate of drug-likeness (QED) is 0.511. The Bertz CT molecular complexity index is 780. The lowest BCUT2D eigenvalue weighted by Gasteiger charge is -2.14. The predicted octanol–water partition coefficient (Wildman–Crippen LogP) is 2.73. The number of benzene rings is 1. The molecule has 23 heavy (non-hydrogen) atoms. The van der Waals surface area contributed by atoms with Crippen LogP contribution in [0.1, 0.15) is 0 Å². The standard InChI is InChI=1S/C12H4F3N5O3/c13-12(14,15)23-11-2-1-8(20(21)22)3-9(11)19-10(6-18)7(4-16)5-17/h1-3,19H. The van der Waals surface area contributed by atoms with Gasteiger partial charge in [0.15, 0.2) is 11.3 Å². The maximum absolute atomic E-state index is 12.3. The molecule has 1 aromatic rings. The lowest BCUT2D eigenvalue weighted by Crippen LogP contribution is -2.18. The number of nitrogens with one attached hydrogen (secondary N) is 1. The van der Waals surface area contributed by atoms with Crippen LogP contribution in [0.15, 0.2) is 29.5 Å². The molecule has 0 fully saturated rings. The molecule has 0 aromatic heterocycles. The highest BCUT2D eigenvalue weighted by atomic mass is 19.4. The fourth-order valence-electron chi connectivity index (χ4n) is 1.36. The Morgan fingerprint density at radius 3 is 2.26 bits per heavy atom. The molecule has 116 valence electrons. The monoisotopic (exact) mass is 323 g/mol. The molecule has 11 heteroatoms. The molecular weight excluding hydrogens is 319 g/mol. The van der Waals surface area contributed by atoms with Gasteiger partial charge in [-0.15, -0.1) is 13.2 Å². The summed E-state index contributed by atoms with van der Waals surface area (Å²) in [6.07, 6.45) is -5.09. The van der Waals surface area contributed by atoms with Gasteiger partial charge in [0.25, 0.3) is 5.69 Å². The van der Waals surface area contributed by atoms with Crippen LogP contribution < -0.4 is 10.1 Å². The number of allylic oxidation sites excluding steroid dienone is 2. The Hall–Kier alpha value is -3.78. The van der Waals surface area contributed by atoms with Crippen molar-refractivity contribution in [2.24, 2.45) is 0 Å². The first-order valence-electron chi connectivity index (χ1n) is 5.47. The average Bonchev–Trinajstić information content (AvgIpc) is 2.47. The molecule has 1 aromatic carbocycles. The SMILES string of the molecule is N#CC(C#N)=C(C#N)Nc1cc([N+](=O)[O-])ccc1OC(F)(F)F. The van der Waals surface area contributed by atoms with Crippen LogP contribution >= 0.6 is 0 Å². The highest BCUT2D eigenvalue weighted by molar-refractivity contribution is 5.67. The Morgan fingerprint density at radius 2 is 1.83 bits per heavy atom. The van der Waals surface area contributed by atoms with Crippen LogP contribution in [-0.2, 0) is 0 Å². The van der Waals surface area contributed by atoms with Gasteiger partial charge >= 0.3 is 6.36 Å². The van der Waals surface area contributed by atoms with Crippen molar-refractivity contribution < 1.29 is 22.8 Å². The smallest absolute Gasteiger partial charge is 0.404 e. The van der Waals surface area contributed by atoms with Crippen molar-refractivity contribution in [1.29, 1.82) is 15.8 Å². The molecule has 0 aliphatic heterocycles. The summed E-state index contributed by atoms with van der Waals surface area (Å²) in [6.45, 7) is 0. The minimum atomic E-state index is -5.09. The summed E-state index contributed by atoms with van der Waals surface area (Å²) in [7, 11) is 0. The van der Waals surface area contributed by atoms with Crippen LogP contribution in [-0.4, -0.2) is 11.3 Å². The average molecular weight is 323 g/mol. The zero-order chi connectivity index (χ0) is 17.6. The highest BCUT2D eigenvalue weighted by Gasteiger charge is 2.32. The van der Waals surface area contributed by atoms with E-state index in [4.69, 9.17) is 15.8 Å². The molecule has 0 amide bonds. The van der Waals surface area contributed by atoms with Crippen molar-refractivity contribution in [3.8, 4) is 24.0 Å². The molecule has 0 aliphatic carbocycles. The molecule has 0 saturated heterocycles. The van der Waals surface area contributed by atoms with Crippen molar-refractivity contribution in [2.45, 2.75) is 6.36 Å². The maximum atomic E-state index is 12.3. The molecule has 0 saturated carbocycles. The normalized spacial score (nSPS) is 9.74. The summed E-state index contributed by atoms with van der Waals surface area (Å²) in [4.78, 5) is 9.80. The summed E-state index contributed by atoms with van der Waals surface area (Å²) in [5.41, 5.74) is -2.58. The molecule has 0 heterocycles. The number of halogens is 3. The van der Waals surface area contributed by atoms with Crippen molar-refractivity contribution in [1.82, 2.24) is 0 Å². The number of nitro groups is 1. The zero-order valence-electron chi connectivity index (χ0n) is 10.9. The number of non-ortho nitro benzene ring substituents is 1. The van der Waals surface area contributed by atoms with E-state index in [1.807, 2.05) is 0 Å². The molecule has 0 bridgehead atoms. The van der Waals surface area contributed by atoms with E-state index in [2.05, 4.69) is 10.1 Å². The Morgan fingerprint density at radius 1 is 1.22 bits per heavy atom. The number of nitrogens with zero attached hydrogens (tertiary/aromatic N) is 4. The molecule has 0 radical (unpaired) electrons. The van der Waals surface area contributed by atoms with E-state index in [1.54, 1.807) is 0 Å². The minimum absolute atomic E-state index is 0.588. The molecule has 0 atom stereocenters. The van der Waals surface area contributed by atoms with Crippen LogP contribution in [0.25, 0.3) is 0 Å². The number of nitriles is 3. The van der Waals surface area contributed by atoms with E-state index in [-0.39, 0.29) is 0 Å². The summed E-state index contributed by atoms with van der Waals surface area (Å²) in [5, 5.41) is 38.9. The summed E-state index contributed by atoms with van der Waals surface area (Å²) >= 11 is 0. The van der Waals surface area contributed by atoms with Gasteiger partial charge in [-0.1, -0.05) is 0 Å². The van der Waals surface area contributed by atoms with Crippen LogP contribution in [0.3, 0.4) is 0 Å². The van der Waals surface area contributed by atoms with Gasteiger partial charge in [0.1, 0.15) is 23.9 Å². The number of nitro benzene ring substituents is 1. The van der Waals surface area contributed by atoms with Gasteiger partial charge in [-0.2, -0.15) is 15.8 Å². The topological polar surface area (TPSA) is 136 Å². The van der Waals surface area contributed by atoms with Gasteiger partial charge < -0.3 is 10.1 Å². The maximum Gasteiger partial charge on any atom is 0.573 e. The van der Waals surface area contributed by atoms with Gasteiger partial charge in [-0.3, -0.25) is 10.1 Å². The molecular formula is C12H4F3N5O3. The summed E-state index contributed by atoms with van der Waals surface area (Å²) in [6, 6.07) is 6.24. The molecule has 1 N–H and O–H groups in total. The number of ether oxygens (including phenoxy) is 1. The number of rotatable bonds is 4. The number of hydrogen-bond donors (Lipinski definition) is 1.